The summed E-state index contributed by atoms with van der Waals surface area (Å²) in [4.78, 5) is 28.2. The zero-order valence-corrected chi connectivity index (χ0v) is 13.7. The lowest BCUT2D eigenvalue weighted by Gasteiger charge is -2.19. The minimum atomic E-state index is -0.541. The fraction of sp³-hybridized carbons (Fsp3) is 0.278. The highest BCUT2D eigenvalue weighted by Crippen LogP contribution is 2.15. The fourth-order valence-corrected chi connectivity index (χ4v) is 1.94. The van der Waals surface area contributed by atoms with E-state index in [4.69, 9.17) is 4.74 Å². The van der Waals surface area contributed by atoms with Crippen molar-refractivity contribution in [1.29, 1.82) is 0 Å². The number of hydrogen-bond acceptors (Lipinski definition) is 4. The molecule has 5 nitrogen and oxygen atoms in total. The molecule has 1 N–H and O–H groups in total. The van der Waals surface area contributed by atoms with Crippen LogP contribution in [0, 0.1) is 6.92 Å². The minimum absolute atomic E-state index is 0.284. The van der Waals surface area contributed by atoms with Crippen LogP contribution in [0.4, 0.5) is 5.69 Å². The number of nitrogens with zero attached hydrogens (tertiary/aromatic N) is 1. The molecule has 0 spiro atoms. The first kappa shape index (κ1) is 16.7. The summed E-state index contributed by atoms with van der Waals surface area (Å²) in [6.07, 6.45) is 1.58. The molecule has 2 aromatic rings. The lowest BCUT2D eigenvalue weighted by atomic mass is 10.1. The molecule has 0 saturated heterocycles. The number of aromatic nitrogens is 1. The highest BCUT2D eigenvalue weighted by atomic mass is 16.6. The van der Waals surface area contributed by atoms with E-state index >= 15 is 0 Å². The number of aryl methyl sites for hydroxylation is 1. The molecule has 0 atom stereocenters. The van der Waals surface area contributed by atoms with Crippen LogP contribution in [0.1, 0.15) is 47.2 Å². The van der Waals surface area contributed by atoms with E-state index in [-0.39, 0.29) is 5.91 Å². The van der Waals surface area contributed by atoms with Crippen molar-refractivity contribution >= 4 is 17.6 Å². The van der Waals surface area contributed by atoms with Gasteiger partial charge in [0.05, 0.1) is 5.56 Å². The van der Waals surface area contributed by atoms with E-state index in [1.54, 1.807) is 36.5 Å². The van der Waals surface area contributed by atoms with E-state index in [0.29, 0.717) is 16.9 Å². The molecule has 1 aromatic heterocycles. The SMILES string of the molecule is Cc1cccnc1C(=O)Nc1ccc(C(=O)OC(C)(C)C)cc1. The Morgan fingerprint density at radius 2 is 1.74 bits per heavy atom. The molecule has 0 fully saturated rings. The quantitative estimate of drug-likeness (QED) is 0.879. The molecule has 1 heterocycles. The van der Waals surface area contributed by atoms with Gasteiger partial charge in [0.25, 0.3) is 5.91 Å². The Bertz CT molecular complexity index is 716. The van der Waals surface area contributed by atoms with Gasteiger partial charge in [0.15, 0.2) is 0 Å². The average Bonchev–Trinajstić information content (AvgIpc) is 2.46. The molecule has 0 radical (unpaired) electrons. The third-order valence-corrected chi connectivity index (χ3v) is 3.00. The van der Waals surface area contributed by atoms with E-state index < -0.39 is 11.6 Å². The topological polar surface area (TPSA) is 68.3 Å². The van der Waals surface area contributed by atoms with Crippen LogP contribution in [0.15, 0.2) is 42.6 Å². The molecule has 0 saturated carbocycles. The van der Waals surface area contributed by atoms with Crippen LogP contribution in [0.3, 0.4) is 0 Å². The first-order valence-electron chi connectivity index (χ1n) is 7.33. The van der Waals surface area contributed by atoms with Crippen molar-refractivity contribution in [2.75, 3.05) is 5.32 Å². The van der Waals surface area contributed by atoms with Gasteiger partial charge >= 0.3 is 5.97 Å². The summed E-state index contributed by atoms with van der Waals surface area (Å²) in [5, 5.41) is 2.76. The maximum absolute atomic E-state index is 12.2. The largest absolute Gasteiger partial charge is 0.456 e. The monoisotopic (exact) mass is 312 g/mol. The Morgan fingerprint density at radius 3 is 2.30 bits per heavy atom. The Labute approximate surface area is 135 Å². The third kappa shape index (κ3) is 4.64. The highest BCUT2D eigenvalue weighted by Gasteiger charge is 2.18. The van der Waals surface area contributed by atoms with Crippen molar-refractivity contribution in [3.63, 3.8) is 0 Å². The Balaban J connectivity index is 2.07. The van der Waals surface area contributed by atoms with Crippen molar-refractivity contribution < 1.29 is 14.3 Å². The number of ether oxygens (including phenoxy) is 1. The molecule has 23 heavy (non-hydrogen) atoms. The molecular weight excluding hydrogens is 292 g/mol. The molecule has 2 rings (SSSR count). The predicted octanol–water partition coefficient (Wildman–Crippen LogP) is 3.60. The summed E-state index contributed by atoms with van der Waals surface area (Å²) in [6.45, 7) is 7.27. The molecule has 5 heteroatoms. The Hall–Kier alpha value is -2.69. The summed E-state index contributed by atoms with van der Waals surface area (Å²) in [5.74, 6) is -0.677. The van der Waals surface area contributed by atoms with Gasteiger partial charge in [-0.3, -0.25) is 9.78 Å². The van der Waals surface area contributed by atoms with Crippen LogP contribution in [0.5, 0.6) is 0 Å². The van der Waals surface area contributed by atoms with Crippen LogP contribution in [-0.4, -0.2) is 22.5 Å². The number of rotatable bonds is 3. The second-order valence-electron chi connectivity index (χ2n) is 6.20. The number of pyridine rings is 1. The van der Waals surface area contributed by atoms with Gasteiger partial charge in [-0.05, 0) is 63.6 Å². The van der Waals surface area contributed by atoms with E-state index in [1.165, 1.54) is 0 Å². The average molecular weight is 312 g/mol. The van der Waals surface area contributed by atoms with Gasteiger partial charge in [-0.15, -0.1) is 0 Å². The highest BCUT2D eigenvalue weighted by molar-refractivity contribution is 6.04. The zero-order chi connectivity index (χ0) is 17.0. The molecular formula is C18H20N2O3. The van der Waals surface area contributed by atoms with Crippen molar-refractivity contribution in [1.82, 2.24) is 4.98 Å². The number of esters is 1. The normalized spacial score (nSPS) is 11.0. The number of benzene rings is 1. The Morgan fingerprint density at radius 1 is 1.09 bits per heavy atom. The van der Waals surface area contributed by atoms with Crippen molar-refractivity contribution in [3.8, 4) is 0 Å². The molecule has 1 aromatic carbocycles. The van der Waals surface area contributed by atoms with Crippen LogP contribution < -0.4 is 5.32 Å². The number of carbonyl (C=O) groups is 2. The molecule has 1 amide bonds. The van der Waals surface area contributed by atoms with Gasteiger partial charge in [-0.1, -0.05) is 6.07 Å². The molecule has 0 aliphatic carbocycles. The molecule has 120 valence electrons. The third-order valence-electron chi connectivity index (χ3n) is 3.00. The van der Waals surface area contributed by atoms with E-state index in [1.807, 2.05) is 33.8 Å². The second kappa shape index (κ2) is 6.60. The fourth-order valence-electron chi connectivity index (χ4n) is 1.94. The van der Waals surface area contributed by atoms with Crippen molar-refractivity contribution in [3.05, 3.63) is 59.4 Å². The summed E-state index contributed by atoms with van der Waals surface area (Å²) >= 11 is 0. The molecule has 0 aliphatic rings. The van der Waals surface area contributed by atoms with E-state index in [2.05, 4.69) is 10.3 Å². The standard InChI is InChI=1S/C18H20N2O3/c1-12-6-5-11-19-15(12)16(21)20-14-9-7-13(8-10-14)17(22)23-18(2,3)4/h5-11H,1-4H3,(H,20,21). The minimum Gasteiger partial charge on any atom is -0.456 e. The lowest BCUT2D eigenvalue weighted by molar-refractivity contribution is 0.00695. The van der Waals surface area contributed by atoms with Crippen molar-refractivity contribution in [2.24, 2.45) is 0 Å². The number of anilines is 1. The van der Waals surface area contributed by atoms with Crippen molar-refractivity contribution in [2.45, 2.75) is 33.3 Å². The second-order valence-corrected chi connectivity index (χ2v) is 6.20. The van der Waals surface area contributed by atoms with Crippen LogP contribution in [0.25, 0.3) is 0 Å². The maximum atomic E-state index is 12.2. The summed E-state index contributed by atoms with van der Waals surface area (Å²) in [7, 11) is 0. The summed E-state index contributed by atoms with van der Waals surface area (Å²) in [5.41, 5.74) is 1.67. The van der Waals surface area contributed by atoms with E-state index in [9.17, 15) is 9.59 Å². The smallest absolute Gasteiger partial charge is 0.338 e. The number of amides is 1. The number of nitrogens with one attached hydrogen (secondary N) is 1. The van der Waals surface area contributed by atoms with Gasteiger partial charge in [0, 0.05) is 11.9 Å². The van der Waals surface area contributed by atoms with Gasteiger partial charge in [-0.25, -0.2) is 4.79 Å². The van der Waals surface area contributed by atoms with Gasteiger partial charge in [0.1, 0.15) is 11.3 Å². The van der Waals surface area contributed by atoms with Gasteiger partial charge in [-0.2, -0.15) is 0 Å². The van der Waals surface area contributed by atoms with Crippen LogP contribution in [-0.2, 0) is 4.74 Å². The first-order valence-corrected chi connectivity index (χ1v) is 7.33. The van der Waals surface area contributed by atoms with Gasteiger partial charge in [0.2, 0.25) is 0 Å². The number of carbonyl (C=O) groups excluding carboxylic acids is 2. The number of hydrogen-bond donors (Lipinski definition) is 1. The molecule has 0 unspecified atom stereocenters. The molecule has 0 aliphatic heterocycles. The van der Waals surface area contributed by atoms with Gasteiger partial charge < -0.3 is 10.1 Å². The van der Waals surface area contributed by atoms with Crippen LogP contribution >= 0.6 is 0 Å². The Kier molecular flexibility index (Phi) is 4.79. The lowest BCUT2D eigenvalue weighted by Crippen LogP contribution is -2.23. The first-order chi connectivity index (χ1) is 10.8. The van der Waals surface area contributed by atoms with E-state index in [0.717, 1.165) is 5.56 Å². The summed E-state index contributed by atoms with van der Waals surface area (Å²) in [6, 6.07) is 10.2. The predicted molar refractivity (Wildman–Crippen MR) is 88.5 cm³/mol. The maximum Gasteiger partial charge on any atom is 0.338 e. The van der Waals surface area contributed by atoms with Crippen LogP contribution in [0.2, 0.25) is 0 Å². The zero-order valence-electron chi connectivity index (χ0n) is 13.7. The summed E-state index contributed by atoms with van der Waals surface area (Å²) < 4.78 is 5.29. The molecule has 0 bridgehead atoms.